The van der Waals surface area contributed by atoms with Crippen LogP contribution in [0.2, 0.25) is 0 Å². The molecule has 0 aliphatic carbocycles. The lowest BCUT2D eigenvalue weighted by Gasteiger charge is -2.24. The molecule has 0 bridgehead atoms. The summed E-state index contributed by atoms with van der Waals surface area (Å²) in [5, 5.41) is 13.1. The first-order valence-electron chi connectivity index (χ1n) is 13.0. The van der Waals surface area contributed by atoms with Gasteiger partial charge in [-0.25, -0.2) is 9.97 Å². The molecule has 2 atom stereocenters. The SMILES string of the molecule is COc1ccc(-c2nc(C(=O)NC(CO)c3ccccc3)c(C[C@@H](C)OC(C)(C)C)o2)c2ccc(C(F)(F)F)nc12. The fraction of sp³-hybridized carbons (Fsp3) is 0.367. The van der Waals surface area contributed by atoms with E-state index in [0.717, 1.165) is 6.07 Å². The van der Waals surface area contributed by atoms with Gasteiger partial charge in [-0.3, -0.25) is 4.79 Å². The number of hydrogen-bond donors (Lipinski definition) is 2. The number of aromatic nitrogens is 2. The number of aliphatic hydroxyl groups is 1. The number of carbonyl (C=O) groups excluding carboxylic acids is 1. The molecule has 4 aromatic rings. The highest BCUT2D eigenvalue weighted by Gasteiger charge is 2.33. The van der Waals surface area contributed by atoms with Crippen LogP contribution in [-0.4, -0.2) is 46.4 Å². The van der Waals surface area contributed by atoms with Gasteiger partial charge in [-0.15, -0.1) is 0 Å². The monoisotopic (exact) mass is 571 g/mol. The number of amides is 1. The Hall–Kier alpha value is -3.96. The number of carbonyl (C=O) groups is 1. The molecule has 41 heavy (non-hydrogen) atoms. The van der Waals surface area contributed by atoms with E-state index < -0.39 is 29.4 Å². The standard InChI is InChI=1S/C30H32F3N3O5/c1-17(41-29(2,3)4)15-23-26(27(38)34-21(16-37)18-9-7-6-8-10-18)36-28(40-23)20-11-13-22(39-5)25-19(20)12-14-24(35-25)30(31,32)33/h6-14,17,21,37H,15-16H2,1-5H3,(H,34,38)/t17-,21?/m1/s1. The quantitative estimate of drug-likeness (QED) is 0.249. The van der Waals surface area contributed by atoms with Crippen LogP contribution in [0.5, 0.6) is 5.75 Å². The molecule has 0 fully saturated rings. The maximum absolute atomic E-state index is 13.5. The number of rotatable bonds is 9. The summed E-state index contributed by atoms with van der Waals surface area (Å²) in [5.74, 6) is -0.206. The van der Waals surface area contributed by atoms with Crippen LogP contribution in [-0.2, 0) is 17.3 Å². The number of nitrogens with one attached hydrogen (secondary N) is 1. The molecule has 0 spiro atoms. The Bertz CT molecular complexity index is 1510. The third kappa shape index (κ3) is 7.04. The molecule has 0 radical (unpaired) electrons. The van der Waals surface area contributed by atoms with Crippen molar-refractivity contribution in [3.05, 3.63) is 77.3 Å². The second-order valence-corrected chi connectivity index (χ2v) is 10.6. The summed E-state index contributed by atoms with van der Waals surface area (Å²) in [6.45, 7) is 7.19. The van der Waals surface area contributed by atoms with Crippen molar-refractivity contribution in [2.24, 2.45) is 0 Å². The zero-order valence-electron chi connectivity index (χ0n) is 23.4. The molecule has 0 aliphatic rings. The molecule has 2 aromatic carbocycles. The molecule has 2 aromatic heterocycles. The molecular weight excluding hydrogens is 539 g/mol. The molecule has 4 rings (SSSR count). The van der Waals surface area contributed by atoms with Crippen molar-refractivity contribution in [1.82, 2.24) is 15.3 Å². The smallest absolute Gasteiger partial charge is 0.433 e. The molecule has 1 unspecified atom stereocenters. The summed E-state index contributed by atoms with van der Waals surface area (Å²) in [7, 11) is 1.34. The number of nitrogens with zero attached hydrogens (tertiary/aromatic N) is 2. The number of alkyl halides is 3. The highest BCUT2D eigenvalue weighted by molar-refractivity contribution is 5.98. The molecular formula is C30H32F3N3O5. The van der Waals surface area contributed by atoms with Gasteiger partial charge in [-0.2, -0.15) is 13.2 Å². The van der Waals surface area contributed by atoms with E-state index in [1.54, 1.807) is 30.3 Å². The van der Waals surface area contributed by atoms with E-state index in [4.69, 9.17) is 13.9 Å². The Balaban J connectivity index is 1.79. The summed E-state index contributed by atoms with van der Waals surface area (Å²) in [4.78, 5) is 21.8. The minimum Gasteiger partial charge on any atom is -0.494 e. The Morgan fingerprint density at radius 3 is 2.37 bits per heavy atom. The van der Waals surface area contributed by atoms with Gasteiger partial charge in [0.1, 0.15) is 22.7 Å². The largest absolute Gasteiger partial charge is 0.494 e. The van der Waals surface area contributed by atoms with E-state index in [2.05, 4.69) is 15.3 Å². The third-order valence-corrected chi connectivity index (χ3v) is 6.19. The fourth-order valence-electron chi connectivity index (χ4n) is 4.54. The van der Waals surface area contributed by atoms with E-state index >= 15 is 0 Å². The summed E-state index contributed by atoms with van der Waals surface area (Å²) >= 11 is 0. The number of fused-ring (bicyclic) bond motifs is 1. The summed E-state index contributed by atoms with van der Waals surface area (Å²) in [6, 6.07) is 13.5. The van der Waals surface area contributed by atoms with Crippen molar-refractivity contribution in [1.29, 1.82) is 0 Å². The zero-order valence-corrected chi connectivity index (χ0v) is 23.4. The predicted octanol–water partition coefficient (Wildman–Crippen LogP) is 6.13. The number of methoxy groups -OCH3 is 1. The first-order valence-corrected chi connectivity index (χ1v) is 13.0. The number of aliphatic hydroxyl groups excluding tert-OH is 1. The summed E-state index contributed by atoms with van der Waals surface area (Å²) < 4.78 is 57.6. The predicted molar refractivity (Wildman–Crippen MR) is 147 cm³/mol. The van der Waals surface area contributed by atoms with E-state index in [1.165, 1.54) is 19.2 Å². The molecule has 218 valence electrons. The average molecular weight is 572 g/mol. The number of ether oxygens (including phenoxy) is 2. The van der Waals surface area contributed by atoms with Crippen LogP contribution in [0.4, 0.5) is 13.2 Å². The lowest BCUT2D eigenvalue weighted by Crippen LogP contribution is -2.32. The highest BCUT2D eigenvalue weighted by Crippen LogP contribution is 2.37. The van der Waals surface area contributed by atoms with Gasteiger partial charge < -0.3 is 24.3 Å². The molecule has 11 heteroatoms. The van der Waals surface area contributed by atoms with E-state index in [9.17, 15) is 23.1 Å². The van der Waals surface area contributed by atoms with Crippen LogP contribution in [0.3, 0.4) is 0 Å². The Labute approximate surface area is 235 Å². The molecule has 0 saturated carbocycles. The fourth-order valence-corrected chi connectivity index (χ4v) is 4.54. The van der Waals surface area contributed by atoms with Crippen molar-refractivity contribution in [3.8, 4) is 17.2 Å². The minimum atomic E-state index is -4.65. The van der Waals surface area contributed by atoms with Gasteiger partial charge in [-0.05, 0) is 57.5 Å². The van der Waals surface area contributed by atoms with Crippen molar-refractivity contribution in [2.75, 3.05) is 13.7 Å². The summed E-state index contributed by atoms with van der Waals surface area (Å²) in [6.07, 6.45) is -4.83. The molecule has 1 amide bonds. The van der Waals surface area contributed by atoms with E-state index in [0.29, 0.717) is 16.5 Å². The lowest BCUT2D eigenvalue weighted by molar-refractivity contribution is -0.140. The van der Waals surface area contributed by atoms with Gasteiger partial charge in [0.2, 0.25) is 5.89 Å². The Morgan fingerprint density at radius 1 is 1.05 bits per heavy atom. The van der Waals surface area contributed by atoms with Crippen LogP contribution in [0.1, 0.15) is 61.2 Å². The molecule has 0 aliphatic heterocycles. The van der Waals surface area contributed by atoms with Crippen molar-refractivity contribution >= 4 is 16.8 Å². The second-order valence-electron chi connectivity index (χ2n) is 10.6. The Kier molecular flexibility index (Phi) is 8.69. The third-order valence-electron chi connectivity index (χ3n) is 6.19. The zero-order chi connectivity index (χ0) is 29.9. The van der Waals surface area contributed by atoms with E-state index in [1.807, 2.05) is 33.8 Å². The molecule has 2 N–H and O–H groups in total. The van der Waals surface area contributed by atoms with Gasteiger partial charge in [0.25, 0.3) is 5.91 Å². The molecule has 8 nitrogen and oxygen atoms in total. The van der Waals surface area contributed by atoms with Gasteiger partial charge in [0, 0.05) is 17.4 Å². The van der Waals surface area contributed by atoms with Crippen LogP contribution >= 0.6 is 0 Å². The van der Waals surface area contributed by atoms with Crippen molar-refractivity contribution < 1.29 is 37.0 Å². The number of hydrogen-bond acceptors (Lipinski definition) is 7. The maximum Gasteiger partial charge on any atom is 0.433 e. The number of oxazole rings is 1. The van der Waals surface area contributed by atoms with Crippen molar-refractivity contribution in [3.63, 3.8) is 0 Å². The normalized spacial score (nSPS) is 13.7. The number of benzene rings is 2. The lowest BCUT2D eigenvalue weighted by atomic mass is 10.1. The van der Waals surface area contributed by atoms with Gasteiger partial charge in [0.05, 0.1) is 31.5 Å². The molecule has 2 heterocycles. The highest BCUT2D eigenvalue weighted by atomic mass is 19.4. The Morgan fingerprint density at radius 2 is 1.76 bits per heavy atom. The van der Waals surface area contributed by atoms with Crippen molar-refractivity contribution in [2.45, 2.75) is 58.0 Å². The van der Waals surface area contributed by atoms with Gasteiger partial charge >= 0.3 is 6.18 Å². The summed E-state index contributed by atoms with van der Waals surface area (Å²) in [5.41, 5.74) is -0.562. The number of halogens is 3. The minimum absolute atomic E-state index is 0.0163. The van der Waals surface area contributed by atoms with E-state index in [-0.39, 0.29) is 47.7 Å². The van der Waals surface area contributed by atoms with Crippen LogP contribution in [0.15, 0.2) is 59.0 Å². The van der Waals surface area contributed by atoms with Gasteiger partial charge in [0.15, 0.2) is 5.69 Å². The molecule has 0 saturated heterocycles. The van der Waals surface area contributed by atoms with Crippen LogP contribution in [0, 0.1) is 0 Å². The maximum atomic E-state index is 13.5. The average Bonchev–Trinajstić information content (AvgIpc) is 3.32. The topological polar surface area (TPSA) is 107 Å². The van der Waals surface area contributed by atoms with Crippen LogP contribution in [0.25, 0.3) is 22.4 Å². The first kappa shape index (κ1) is 30.0. The number of pyridine rings is 1. The van der Waals surface area contributed by atoms with Gasteiger partial charge in [-0.1, -0.05) is 30.3 Å². The second kappa shape index (κ2) is 11.9. The first-order chi connectivity index (χ1) is 19.3. The van der Waals surface area contributed by atoms with Crippen LogP contribution < -0.4 is 10.1 Å².